The van der Waals surface area contributed by atoms with Crippen molar-refractivity contribution >= 4 is 0 Å². The molecule has 2 heteroatoms. The first-order valence-corrected chi connectivity index (χ1v) is 7.11. The molecule has 0 spiro atoms. The summed E-state index contributed by atoms with van der Waals surface area (Å²) in [6.07, 6.45) is 5.14. The van der Waals surface area contributed by atoms with Gasteiger partial charge in [-0.2, -0.15) is 0 Å². The fourth-order valence-corrected chi connectivity index (χ4v) is 3.09. The van der Waals surface area contributed by atoms with Crippen LogP contribution < -0.4 is 5.32 Å². The first kappa shape index (κ1) is 15.0. The minimum atomic E-state index is 0.199. The normalized spacial score (nSPS) is 24.2. The van der Waals surface area contributed by atoms with E-state index < -0.39 is 0 Å². The van der Waals surface area contributed by atoms with Crippen molar-refractivity contribution in [2.45, 2.75) is 84.4 Å². The van der Waals surface area contributed by atoms with Gasteiger partial charge in [-0.25, -0.2) is 0 Å². The molecule has 0 amide bonds. The summed E-state index contributed by atoms with van der Waals surface area (Å²) in [6.45, 7) is 14.6. The average Bonchev–Trinajstić information content (AvgIpc) is 2.06. The van der Waals surface area contributed by atoms with E-state index in [-0.39, 0.29) is 11.1 Å². The molecular weight excluding hydrogens is 210 g/mol. The average molecular weight is 241 g/mol. The molecule has 1 aliphatic heterocycles. The lowest BCUT2D eigenvalue weighted by molar-refractivity contribution is -0.0234. The summed E-state index contributed by atoms with van der Waals surface area (Å²) in [6, 6.07) is 0. The molecule has 2 nitrogen and oxygen atoms in total. The fraction of sp³-hybridized carbons (Fsp3) is 1.00. The fourth-order valence-electron chi connectivity index (χ4n) is 3.09. The zero-order chi connectivity index (χ0) is 13.1. The molecule has 1 aliphatic rings. The minimum absolute atomic E-state index is 0.199. The summed E-state index contributed by atoms with van der Waals surface area (Å²) in [5.74, 6) is 0.791. The summed E-state index contributed by atoms with van der Waals surface area (Å²) in [7, 11) is 0. The van der Waals surface area contributed by atoms with Crippen molar-refractivity contribution in [3.8, 4) is 0 Å². The monoisotopic (exact) mass is 241 g/mol. The highest BCUT2D eigenvalue weighted by molar-refractivity contribution is 4.97. The molecule has 0 aromatic heterocycles. The molecule has 0 atom stereocenters. The third kappa shape index (κ3) is 5.87. The van der Waals surface area contributed by atoms with E-state index in [1.54, 1.807) is 0 Å². The van der Waals surface area contributed by atoms with Crippen molar-refractivity contribution in [2.75, 3.05) is 6.61 Å². The van der Waals surface area contributed by atoms with Crippen molar-refractivity contribution in [1.29, 1.82) is 0 Å². The SMILES string of the molecule is CC(C)CCCOC1CC(C)(C)NC(C)(C)C1. The third-order valence-electron chi connectivity index (χ3n) is 3.43. The first-order valence-electron chi connectivity index (χ1n) is 7.11. The number of nitrogens with one attached hydrogen (secondary N) is 1. The second kappa shape index (κ2) is 5.71. The van der Waals surface area contributed by atoms with Crippen LogP contribution in [0.15, 0.2) is 0 Å². The predicted molar refractivity (Wildman–Crippen MR) is 74.3 cm³/mol. The maximum absolute atomic E-state index is 6.06. The summed E-state index contributed by atoms with van der Waals surface area (Å²) in [4.78, 5) is 0. The summed E-state index contributed by atoms with van der Waals surface area (Å²) < 4.78 is 6.06. The predicted octanol–water partition coefficient (Wildman–Crippen LogP) is 3.75. The molecule has 17 heavy (non-hydrogen) atoms. The second-order valence-corrected chi connectivity index (χ2v) is 7.33. The van der Waals surface area contributed by atoms with Crippen LogP contribution in [-0.4, -0.2) is 23.8 Å². The Balaban J connectivity index is 2.33. The van der Waals surface area contributed by atoms with Crippen LogP contribution in [0.5, 0.6) is 0 Å². The van der Waals surface area contributed by atoms with Crippen LogP contribution in [0.1, 0.15) is 67.2 Å². The van der Waals surface area contributed by atoms with E-state index in [9.17, 15) is 0 Å². The number of piperidine rings is 1. The lowest BCUT2D eigenvalue weighted by Crippen LogP contribution is -2.59. The van der Waals surface area contributed by atoms with Crippen LogP contribution in [0.25, 0.3) is 0 Å². The Bertz CT molecular complexity index is 217. The van der Waals surface area contributed by atoms with Crippen LogP contribution >= 0.6 is 0 Å². The van der Waals surface area contributed by atoms with Gasteiger partial charge in [-0.05, 0) is 59.3 Å². The van der Waals surface area contributed by atoms with Crippen molar-refractivity contribution in [3.05, 3.63) is 0 Å². The van der Waals surface area contributed by atoms with Gasteiger partial charge in [0.15, 0.2) is 0 Å². The van der Waals surface area contributed by atoms with Gasteiger partial charge in [-0.3, -0.25) is 0 Å². The van der Waals surface area contributed by atoms with E-state index >= 15 is 0 Å². The highest BCUT2D eigenvalue weighted by Crippen LogP contribution is 2.30. The van der Waals surface area contributed by atoms with Crippen LogP contribution in [0, 0.1) is 5.92 Å². The molecule has 0 saturated carbocycles. The topological polar surface area (TPSA) is 21.3 Å². The van der Waals surface area contributed by atoms with Gasteiger partial charge in [0.05, 0.1) is 6.10 Å². The molecule has 1 N–H and O–H groups in total. The molecule has 0 aromatic rings. The number of ether oxygens (including phenoxy) is 1. The zero-order valence-electron chi connectivity index (χ0n) is 12.6. The van der Waals surface area contributed by atoms with E-state index in [4.69, 9.17) is 4.74 Å². The first-order chi connectivity index (χ1) is 7.70. The number of rotatable bonds is 5. The summed E-state index contributed by atoms with van der Waals surface area (Å²) in [5, 5.41) is 3.69. The van der Waals surface area contributed by atoms with E-state index in [0.29, 0.717) is 6.10 Å². The van der Waals surface area contributed by atoms with Gasteiger partial charge in [-0.1, -0.05) is 13.8 Å². The van der Waals surface area contributed by atoms with Gasteiger partial charge in [0.25, 0.3) is 0 Å². The summed E-state index contributed by atoms with van der Waals surface area (Å²) in [5.41, 5.74) is 0.398. The van der Waals surface area contributed by atoms with Crippen LogP contribution in [0.3, 0.4) is 0 Å². The molecule has 0 aromatic carbocycles. The van der Waals surface area contributed by atoms with Gasteiger partial charge in [0.1, 0.15) is 0 Å². The molecular formula is C15H31NO. The molecule has 1 rings (SSSR count). The summed E-state index contributed by atoms with van der Waals surface area (Å²) >= 11 is 0. The molecule has 0 unspecified atom stereocenters. The van der Waals surface area contributed by atoms with Crippen molar-refractivity contribution in [3.63, 3.8) is 0 Å². The number of hydrogen-bond acceptors (Lipinski definition) is 2. The third-order valence-corrected chi connectivity index (χ3v) is 3.43. The van der Waals surface area contributed by atoms with Crippen LogP contribution in [0.2, 0.25) is 0 Å². The van der Waals surface area contributed by atoms with Gasteiger partial charge >= 0.3 is 0 Å². The molecule has 0 radical (unpaired) electrons. The van der Waals surface area contributed by atoms with Crippen molar-refractivity contribution in [2.24, 2.45) is 5.92 Å². The van der Waals surface area contributed by atoms with Gasteiger partial charge in [0, 0.05) is 17.7 Å². The molecule has 0 aliphatic carbocycles. The largest absolute Gasteiger partial charge is 0.378 e. The van der Waals surface area contributed by atoms with E-state index in [1.165, 1.54) is 12.8 Å². The molecule has 102 valence electrons. The van der Waals surface area contributed by atoms with Crippen LogP contribution in [-0.2, 0) is 4.74 Å². The van der Waals surface area contributed by atoms with Gasteiger partial charge in [-0.15, -0.1) is 0 Å². The van der Waals surface area contributed by atoms with Gasteiger partial charge < -0.3 is 10.1 Å². The smallest absolute Gasteiger partial charge is 0.0609 e. The number of hydrogen-bond donors (Lipinski definition) is 1. The standard InChI is InChI=1S/C15H31NO/c1-12(2)8-7-9-17-13-10-14(3,4)16-15(5,6)11-13/h12-13,16H,7-11H2,1-6H3. The van der Waals surface area contributed by atoms with E-state index in [1.807, 2.05) is 0 Å². The Kier molecular flexibility index (Phi) is 5.03. The molecule has 1 saturated heterocycles. The molecule has 1 fully saturated rings. The highest BCUT2D eigenvalue weighted by atomic mass is 16.5. The molecule has 0 bridgehead atoms. The Morgan fingerprint density at radius 3 is 2.12 bits per heavy atom. The highest BCUT2D eigenvalue weighted by Gasteiger charge is 2.37. The quantitative estimate of drug-likeness (QED) is 0.740. The Morgan fingerprint density at radius 1 is 1.12 bits per heavy atom. The Hall–Kier alpha value is -0.0800. The van der Waals surface area contributed by atoms with Gasteiger partial charge in [0.2, 0.25) is 0 Å². The maximum atomic E-state index is 6.06. The molecule has 1 heterocycles. The minimum Gasteiger partial charge on any atom is -0.378 e. The lowest BCUT2D eigenvalue weighted by Gasteiger charge is -2.46. The van der Waals surface area contributed by atoms with Crippen molar-refractivity contribution < 1.29 is 4.74 Å². The Morgan fingerprint density at radius 2 is 1.65 bits per heavy atom. The second-order valence-electron chi connectivity index (χ2n) is 7.33. The Labute approximate surface area is 108 Å². The van der Waals surface area contributed by atoms with Crippen molar-refractivity contribution in [1.82, 2.24) is 5.32 Å². The van der Waals surface area contributed by atoms with Crippen LogP contribution in [0.4, 0.5) is 0 Å². The maximum Gasteiger partial charge on any atom is 0.0609 e. The van der Waals surface area contributed by atoms with E-state index in [0.717, 1.165) is 25.4 Å². The lowest BCUT2D eigenvalue weighted by atomic mass is 9.81. The zero-order valence-corrected chi connectivity index (χ0v) is 12.6. The van der Waals surface area contributed by atoms with E-state index in [2.05, 4.69) is 46.9 Å².